The Morgan fingerprint density at radius 3 is 2.88 bits per heavy atom. The molecule has 0 atom stereocenters. The van der Waals surface area contributed by atoms with Crippen LogP contribution in [-0.2, 0) is 4.79 Å². The topological polar surface area (TPSA) is 81.9 Å². The molecular formula is C17H15N5O2. The molecule has 7 heteroatoms. The molecule has 0 aliphatic rings. The lowest BCUT2D eigenvalue weighted by molar-refractivity contribution is -0.111. The third-order valence-corrected chi connectivity index (χ3v) is 3.25. The fraction of sp³-hybridized carbons (Fsp3) is 0.0588. The van der Waals surface area contributed by atoms with Crippen molar-refractivity contribution in [2.45, 2.75) is 0 Å². The highest BCUT2D eigenvalue weighted by Gasteiger charge is 2.02. The first-order valence-corrected chi connectivity index (χ1v) is 7.21. The van der Waals surface area contributed by atoms with E-state index in [1.165, 1.54) is 17.1 Å². The summed E-state index contributed by atoms with van der Waals surface area (Å²) >= 11 is 0. The van der Waals surface area contributed by atoms with E-state index < -0.39 is 0 Å². The summed E-state index contributed by atoms with van der Waals surface area (Å²) in [4.78, 5) is 12.1. The first kappa shape index (κ1) is 15.4. The minimum absolute atomic E-state index is 0.230. The summed E-state index contributed by atoms with van der Waals surface area (Å²) in [6, 6.07) is 14.7. The number of methoxy groups -OCH3 is 1. The molecule has 0 saturated carbocycles. The number of tetrazole rings is 1. The normalized spacial score (nSPS) is 10.7. The standard InChI is InChI=1S/C17H15N5O2/c1-24-16-7-2-4-13(10-16)8-9-17(23)19-14-5-3-6-15(11-14)22-12-18-20-21-22/h2-12H,1H3,(H,19,23). The molecule has 24 heavy (non-hydrogen) atoms. The second-order valence-electron chi connectivity index (χ2n) is 4.90. The van der Waals surface area contributed by atoms with E-state index in [1.807, 2.05) is 36.4 Å². The van der Waals surface area contributed by atoms with E-state index in [9.17, 15) is 4.79 Å². The maximum Gasteiger partial charge on any atom is 0.248 e. The largest absolute Gasteiger partial charge is 0.497 e. The predicted octanol–water partition coefficient (Wildman–Crippen LogP) is 2.32. The van der Waals surface area contributed by atoms with Crippen LogP contribution in [0.4, 0.5) is 5.69 Å². The van der Waals surface area contributed by atoms with E-state index >= 15 is 0 Å². The number of rotatable bonds is 5. The van der Waals surface area contributed by atoms with Gasteiger partial charge in [0, 0.05) is 11.8 Å². The summed E-state index contributed by atoms with van der Waals surface area (Å²) in [6.45, 7) is 0. The number of hydrogen-bond donors (Lipinski definition) is 1. The molecule has 0 aliphatic heterocycles. The zero-order valence-corrected chi connectivity index (χ0v) is 13.0. The van der Waals surface area contributed by atoms with Gasteiger partial charge < -0.3 is 10.1 Å². The van der Waals surface area contributed by atoms with Gasteiger partial charge in [-0.25, -0.2) is 4.68 Å². The van der Waals surface area contributed by atoms with Crippen molar-refractivity contribution in [3.05, 3.63) is 66.5 Å². The Balaban J connectivity index is 1.68. The molecule has 3 aromatic rings. The summed E-state index contributed by atoms with van der Waals surface area (Å²) < 4.78 is 6.67. The quantitative estimate of drug-likeness (QED) is 0.729. The number of amides is 1. The second-order valence-corrected chi connectivity index (χ2v) is 4.90. The molecule has 1 amide bonds. The maximum atomic E-state index is 12.1. The molecular weight excluding hydrogens is 306 g/mol. The van der Waals surface area contributed by atoms with E-state index in [4.69, 9.17) is 4.74 Å². The first-order valence-electron chi connectivity index (χ1n) is 7.21. The average molecular weight is 321 g/mol. The molecule has 0 fully saturated rings. The summed E-state index contributed by atoms with van der Waals surface area (Å²) in [6.07, 6.45) is 4.69. The van der Waals surface area contributed by atoms with Crippen LogP contribution in [0.1, 0.15) is 5.56 Å². The fourth-order valence-electron chi connectivity index (χ4n) is 2.11. The van der Waals surface area contributed by atoms with Gasteiger partial charge in [0.1, 0.15) is 12.1 Å². The zero-order valence-electron chi connectivity index (χ0n) is 13.0. The Morgan fingerprint density at radius 2 is 2.08 bits per heavy atom. The number of carbonyl (C=O) groups is 1. The van der Waals surface area contributed by atoms with Crippen LogP contribution >= 0.6 is 0 Å². The van der Waals surface area contributed by atoms with Gasteiger partial charge in [-0.05, 0) is 52.4 Å². The van der Waals surface area contributed by atoms with Crippen LogP contribution in [0.15, 0.2) is 60.9 Å². The molecule has 7 nitrogen and oxygen atoms in total. The molecule has 1 heterocycles. The summed E-state index contributed by atoms with van der Waals surface area (Å²) in [7, 11) is 1.60. The van der Waals surface area contributed by atoms with Crippen molar-refractivity contribution in [1.29, 1.82) is 0 Å². The highest BCUT2D eigenvalue weighted by Crippen LogP contribution is 2.15. The predicted molar refractivity (Wildman–Crippen MR) is 89.8 cm³/mol. The van der Waals surface area contributed by atoms with Crippen molar-refractivity contribution in [3.8, 4) is 11.4 Å². The number of hydrogen-bond acceptors (Lipinski definition) is 5. The number of aromatic nitrogens is 4. The van der Waals surface area contributed by atoms with Gasteiger partial charge in [0.2, 0.25) is 5.91 Å². The lowest BCUT2D eigenvalue weighted by Gasteiger charge is -2.05. The average Bonchev–Trinajstić information content (AvgIpc) is 3.15. The highest BCUT2D eigenvalue weighted by atomic mass is 16.5. The van der Waals surface area contributed by atoms with Crippen LogP contribution in [0.25, 0.3) is 11.8 Å². The van der Waals surface area contributed by atoms with Crippen LogP contribution in [0, 0.1) is 0 Å². The van der Waals surface area contributed by atoms with E-state index in [0.29, 0.717) is 5.69 Å². The number of anilines is 1. The first-order chi connectivity index (χ1) is 11.7. The second kappa shape index (κ2) is 7.19. The van der Waals surface area contributed by atoms with Gasteiger partial charge >= 0.3 is 0 Å². The Kier molecular flexibility index (Phi) is 4.62. The molecule has 0 bridgehead atoms. The Morgan fingerprint density at radius 1 is 1.21 bits per heavy atom. The Bertz CT molecular complexity index is 859. The number of benzene rings is 2. The summed E-state index contributed by atoms with van der Waals surface area (Å²) in [5.41, 5.74) is 2.30. The van der Waals surface area contributed by atoms with Gasteiger partial charge in [-0.1, -0.05) is 18.2 Å². The number of nitrogens with zero attached hydrogens (tertiary/aromatic N) is 4. The van der Waals surface area contributed by atoms with Gasteiger partial charge in [-0.3, -0.25) is 4.79 Å². The van der Waals surface area contributed by atoms with Crippen LogP contribution in [-0.4, -0.2) is 33.2 Å². The van der Waals surface area contributed by atoms with Crippen molar-refractivity contribution in [2.75, 3.05) is 12.4 Å². The lowest BCUT2D eigenvalue weighted by Crippen LogP contribution is -2.08. The van der Waals surface area contributed by atoms with Gasteiger partial charge in [0.15, 0.2) is 0 Å². The molecule has 0 radical (unpaired) electrons. The van der Waals surface area contributed by atoms with Crippen molar-refractivity contribution in [1.82, 2.24) is 20.2 Å². The van der Waals surface area contributed by atoms with Crippen molar-refractivity contribution >= 4 is 17.7 Å². The maximum absolute atomic E-state index is 12.1. The van der Waals surface area contributed by atoms with Crippen LogP contribution in [0.3, 0.4) is 0 Å². The van der Waals surface area contributed by atoms with Crippen molar-refractivity contribution in [3.63, 3.8) is 0 Å². The Hall–Kier alpha value is -3.48. The van der Waals surface area contributed by atoms with Gasteiger partial charge in [-0.15, -0.1) is 5.10 Å². The number of nitrogens with one attached hydrogen (secondary N) is 1. The SMILES string of the molecule is COc1cccc(C=CC(=O)Nc2cccc(-n3cnnn3)c2)c1. The van der Waals surface area contributed by atoms with E-state index in [2.05, 4.69) is 20.8 Å². The molecule has 1 N–H and O–H groups in total. The highest BCUT2D eigenvalue weighted by molar-refractivity contribution is 6.02. The van der Waals surface area contributed by atoms with Crippen LogP contribution in [0.2, 0.25) is 0 Å². The molecule has 0 saturated heterocycles. The minimum atomic E-state index is -0.230. The summed E-state index contributed by atoms with van der Waals surface area (Å²) in [5, 5.41) is 13.8. The zero-order chi connectivity index (χ0) is 16.8. The molecule has 0 spiro atoms. The number of carbonyl (C=O) groups excluding carboxylic acids is 1. The third-order valence-electron chi connectivity index (χ3n) is 3.25. The number of ether oxygens (including phenoxy) is 1. The molecule has 120 valence electrons. The lowest BCUT2D eigenvalue weighted by atomic mass is 10.2. The summed E-state index contributed by atoms with van der Waals surface area (Å²) in [5.74, 6) is 0.512. The van der Waals surface area contributed by atoms with E-state index in [1.54, 1.807) is 25.3 Å². The van der Waals surface area contributed by atoms with E-state index in [0.717, 1.165) is 17.0 Å². The molecule has 0 aliphatic carbocycles. The molecule has 2 aromatic carbocycles. The third kappa shape index (κ3) is 3.83. The molecule has 3 rings (SSSR count). The van der Waals surface area contributed by atoms with Crippen LogP contribution < -0.4 is 10.1 Å². The van der Waals surface area contributed by atoms with Crippen LogP contribution in [0.5, 0.6) is 5.75 Å². The molecule has 0 unspecified atom stereocenters. The molecule has 1 aromatic heterocycles. The monoisotopic (exact) mass is 321 g/mol. The van der Waals surface area contributed by atoms with E-state index in [-0.39, 0.29) is 5.91 Å². The smallest absolute Gasteiger partial charge is 0.248 e. The van der Waals surface area contributed by atoms with Gasteiger partial charge in [0.05, 0.1) is 12.8 Å². The minimum Gasteiger partial charge on any atom is -0.497 e. The van der Waals surface area contributed by atoms with Gasteiger partial charge in [0.25, 0.3) is 0 Å². The van der Waals surface area contributed by atoms with Crippen molar-refractivity contribution < 1.29 is 9.53 Å². The van der Waals surface area contributed by atoms with Gasteiger partial charge in [-0.2, -0.15) is 0 Å². The Labute approximate surface area is 138 Å². The fourth-order valence-corrected chi connectivity index (χ4v) is 2.11. The van der Waals surface area contributed by atoms with Crippen molar-refractivity contribution in [2.24, 2.45) is 0 Å².